The molecule has 1 aromatic heterocycles. The summed E-state index contributed by atoms with van der Waals surface area (Å²) in [5, 5.41) is 3.61. The van der Waals surface area contributed by atoms with Crippen LogP contribution >= 0.6 is 11.8 Å². The maximum absolute atomic E-state index is 5.95. The molecule has 0 atom stereocenters. The summed E-state index contributed by atoms with van der Waals surface area (Å²) in [6.45, 7) is 1.36. The van der Waals surface area contributed by atoms with Crippen LogP contribution in [0, 0.1) is 0 Å². The Morgan fingerprint density at radius 3 is 2.47 bits per heavy atom. The van der Waals surface area contributed by atoms with Gasteiger partial charge in [0.05, 0.1) is 17.6 Å². The van der Waals surface area contributed by atoms with Crippen LogP contribution in [-0.4, -0.2) is 16.2 Å². The van der Waals surface area contributed by atoms with E-state index in [1.165, 1.54) is 16.3 Å². The first-order valence-corrected chi connectivity index (χ1v) is 11.1. The molecular formula is C26H22N2OS. The Morgan fingerprint density at radius 2 is 1.53 bits per heavy atom. The normalized spacial score (nSPS) is 11.2. The highest BCUT2D eigenvalue weighted by molar-refractivity contribution is 7.98. The molecule has 0 bridgehead atoms. The fourth-order valence-corrected chi connectivity index (χ4v) is 4.76. The molecule has 0 aliphatic heterocycles. The minimum absolute atomic E-state index is 0.603. The summed E-state index contributed by atoms with van der Waals surface area (Å²) in [5.74, 6) is 1.77. The van der Waals surface area contributed by atoms with Gasteiger partial charge in [0.15, 0.2) is 5.16 Å². The van der Waals surface area contributed by atoms with Crippen molar-refractivity contribution in [2.75, 3.05) is 6.61 Å². The van der Waals surface area contributed by atoms with Crippen LogP contribution in [0.25, 0.3) is 21.8 Å². The summed E-state index contributed by atoms with van der Waals surface area (Å²) in [5.41, 5.74) is 3.50. The zero-order chi connectivity index (χ0) is 20.2. The van der Waals surface area contributed by atoms with Crippen LogP contribution < -0.4 is 4.74 Å². The molecule has 0 radical (unpaired) electrons. The molecule has 0 aliphatic rings. The Labute approximate surface area is 180 Å². The molecule has 0 saturated heterocycles. The lowest BCUT2D eigenvalue weighted by atomic mass is 10.1. The van der Waals surface area contributed by atoms with Gasteiger partial charge in [-0.3, -0.25) is 0 Å². The first-order valence-electron chi connectivity index (χ1n) is 10.1. The van der Waals surface area contributed by atoms with Crippen LogP contribution in [0.15, 0.2) is 102 Å². The number of rotatable bonds is 7. The average Bonchev–Trinajstić information content (AvgIpc) is 3.16. The van der Waals surface area contributed by atoms with Crippen molar-refractivity contribution in [3.8, 4) is 5.75 Å². The molecule has 4 aromatic carbocycles. The number of hydrogen-bond donors (Lipinski definition) is 0. The predicted octanol–water partition coefficient (Wildman–Crippen LogP) is 6.56. The summed E-state index contributed by atoms with van der Waals surface area (Å²) < 4.78 is 8.22. The molecule has 0 unspecified atom stereocenters. The van der Waals surface area contributed by atoms with E-state index in [-0.39, 0.29) is 0 Å². The Hall–Kier alpha value is -3.24. The number of thioether (sulfide) groups is 1. The maximum Gasteiger partial charge on any atom is 0.169 e. The van der Waals surface area contributed by atoms with Gasteiger partial charge in [0, 0.05) is 5.75 Å². The number of aromatic nitrogens is 2. The van der Waals surface area contributed by atoms with Gasteiger partial charge in [-0.15, -0.1) is 0 Å². The van der Waals surface area contributed by atoms with Gasteiger partial charge in [0.25, 0.3) is 0 Å². The molecular weight excluding hydrogens is 388 g/mol. The molecule has 3 nitrogen and oxygen atoms in total. The van der Waals surface area contributed by atoms with Crippen LogP contribution in [0.4, 0.5) is 0 Å². The van der Waals surface area contributed by atoms with Gasteiger partial charge < -0.3 is 9.30 Å². The Morgan fingerprint density at radius 1 is 0.767 bits per heavy atom. The SMILES string of the molecule is c1ccc(OCCn2c(SCc3cccc4ccccc34)nc3ccccc32)cc1. The van der Waals surface area contributed by atoms with Crippen molar-refractivity contribution in [1.29, 1.82) is 0 Å². The second-order valence-electron chi connectivity index (χ2n) is 7.12. The number of ether oxygens (including phenoxy) is 1. The van der Waals surface area contributed by atoms with E-state index in [1.807, 2.05) is 36.4 Å². The molecule has 0 spiro atoms. The van der Waals surface area contributed by atoms with Crippen LogP contribution in [0.5, 0.6) is 5.75 Å². The molecule has 0 N–H and O–H groups in total. The first kappa shape index (κ1) is 18.8. The second kappa shape index (κ2) is 8.64. The lowest BCUT2D eigenvalue weighted by molar-refractivity contribution is 0.295. The molecule has 0 saturated carbocycles. The highest BCUT2D eigenvalue weighted by atomic mass is 32.2. The van der Waals surface area contributed by atoms with E-state index >= 15 is 0 Å². The summed E-state index contributed by atoms with van der Waals surface area (Å²) in [6, 6.07) is 33.3. The van der Waals surface area contributed by atoms with E-state index in [0.717, 1.165) is 34.2 Å². The third-order valence-corrected chi connectivity index (χ3v) is 6.21. The lowest BCUT2D eigenvalue weighted by Gasteiger charge is -2.11. The first-order chi connectivity index (χ1) is 14.9. The highest BCUT2D eigenvalue weighted by Crippen LogP contribution is 2.29. The molecule has 1 heterocycles. The Balaban J connectivity index is 1.38. The molecule has 0 fully saturated rings. The number of fused-ring (bicyclic) bond motifs is 2. The maximum atomic E-state index is 5.95. The van der Waals surface area contributed by atoms with Crippen molar-refractivity contribution in [2.45, 2.75) is 17.5 Å². The van der Waals surface area contributed by atoms with Crippen molar-refractivity contribution in [2.24, 2.45) is 0 Å². The molecule has 30 heavy (non-hydrogen) atoms. The Kier molecular flexibility index (Phi) is 5.40. The summed E-state index contributed by atoms with van der Waals surface area (Å²) >= 11 is 1.78. The summed E-state index contributed by atoms with van der Waals surface area (Å²) in [7, 11) is 0. The fourth-order valence-electron chi connectivity index (χ4n) is 3.71. The topological polar surface area (TPSA) is 27.1 Å². The van der Waals surface area contributed by atoms with Gasteiger partial charge >= 0.3 is 0 Å². The number of nitrogens with zero attached hydrogens (tertiary/aromatic N) is 2. The van der Waals surface area contributed by atoms with Crippen molar-refractivity contribution in [1.82, 2.24) is 9.55 Å². The predicted molar refractivity (Wildman–Crippen MR) is 125 cm³/mol. The number of benzene rings is 4. The zero-order valence-electron chi connectivity index (χ0n) is 16.6. The second-order valence-corrected chi connectivity index (χ2v) is 8.07. The van der Waals surface area contributed by atoms with Gasteiger partial charge in [-0.25, -0.2) is 4.98 Å². The molecule has 4 heteroatoms. The standard InChI is InChI=1S/C26H22N2OS/c1-2-12-22(13-3-1)29-18-17-28-25-16-7-6-15-24(25)27-26(28)30-19-21-11-8-10-20-9-4-5-14-23(20)21/h1-16H,17-19H2. The monoisotopic (exact) mass is 410 g/mol. The largest absolute Gasteiger partial charge is 0.492 e. The molecule has 5 aromatic rings. The zero-order valence-corrected chi connectivity index (χ0v) is 17.4. The van der Waals surface area contributed by atoms with Crippen molar-refractivity contribution >= 4 is 33.6 Å². The van der Waals surface area contributed by atoms with Crippen molar-refractivity contribution in [3.05, 3.63) is 103 Å². The third kappa shape index (κ3) is 3.91. The third-order valence-electron chi connectivity index (χ3n) is 5.18. The van der Waals surface area contributed by atoms with Gasteiger partial charge in [-0.2, -0.15) is 0 Å². The number of para-hydroxylation sites is 3. The van der Waals surface area contributed by atoms with E-state index < -0.39 is 0 Å². The van der Waals surface area contributed by atoms with E-state index in [4.69, 9.17) is 9.72 Å². The molecule has 0 amide bonds. The fraction of sp³-hybridized carbons (Fsp3) is 0.115. The van der Waals surface area contributed by atoms with Crippen molar-refractivity contribution < 1.29 is 4.74 Å². The van der Waals surface area contributed by atoms with Crippen LogP contribution in [0.3, 0.4) is 0 Å². The van der Waals surface area contributed by atoms with Gasteiger partial charge in [0.1, 0.15) is 12.4 Å². The van der Waals surface area contributed by atoms with E-state index in [9.17, 15) is 0 Å². The molecule has 5 rings (SSSR count). The minimum atomic E-state index is 0.603. The average molecular weight is 411 g/mol. The lowest BCUT2D eigenvalue weighted by Crippen LogP contribution is -2.09. The van der Waals surface area contributed by atoms with Crippen LogP contribution in [0.2, 0.25) is 0 Å². The van der Waals surface area contributed by atoms with Gasteiger partial charge in [0.2, 0.25) is 0 Å². The quantitative estimate of drug-likeness (QED) is 0.284. The highest BCUT2D eigenvalue weighted by Gasteiger charge is 2.12. The summed E-state index contributed by atoms with van der Waals surface area (Å²) in [4.78, 5) is 4.90. The summed E-state index contributed by atoms with van der Waals surface area (Å²) in [6.07, 6.45) is 0. The van der Waals surface area contributed by atoms with Gasteiger partial charge in [-0.05, 0) is 40.6 Å². The smallest absolute Gasteiger partial charge is 0.169 e. The van der Waals surface area contributed by atoms with E-state index in [1.54, 1.807) is 11.8 Å². The van der Waals surface area contributed by atoms with E-state index in [0.29, 0.717) is 6.61 Å². The van der Waals surface area contributed by atoms with Crippen LogP contribution in [-0.2, 0) is 12.3 Å². The van der Waals surface area contributed by atoms with Crippen LogP contribution in [0.1, 0.15) is 5.56 Å². The minimum Gasteiger partial charge on any atom is -0.492 e. The molecule has 0 aliphatic carbocycles. The van der Waals surface area contributed by atoms with Gasteiger partial charge in [-0.1, -0.05) is 84.6 Å². The Bertz CT molecular complexity index is 1270. The number of hydrogen-bond acceptors (Lipinski definition) is 3. The molecule has 148 valence electrons. The number of imidazole rings is 1. The van der Waals surface area contributed by atoms with E-state index in [2.05, 4.69) is 65.2 Å². The van der Waals surface area contributed by atoms with Crippen molar-refractivity contribution in [3.63, 3.8) is 0 Å².